The van der Waals surface area contributed by atoms with Crippen LogP contribution < -0.4 is 5.32 Å². The number of ether oxygens (including phenoxy) is 2. The van der Waals surface area contributed by atoms with E-state index in [-0.39, 0.29) is 31.1 Å². The minimum atomic E-state index is -0.406. The number of aliphatic hydroxyl groups excluding tert-OH is 1. The van der Waals surface area contributed by atoms with Gasteiger partial charge in [0, 0.05) is 26.0 Å². The van der Waals surface area contributed by atoms with E-state index in [0.29, 0.717) is 13.2 Å². The fourth-order valence-electron chi connectivity index (χ4n) is 3.39. The topological polar surface area (TPSA) is 111 Å². The number of rotatable bonds is 9. The molecule has 0 unspecified atom stereocenters. The van der Waals surface area contributed by atoms with Crippen molar-refractivity contribution in [3.8, 4) is 0 Å². The van der Waals surface area contributed by atoms with Gasteiger partial charge in [0.2, 0.25) is 5.91 Å². The van der Waals surface area contributed by atoms with Crippen molar-refractivity contribution in [3.63, 3.8) is 0 Å². The van der Waals surface area contributed by atoms with Gasteiger partial charge < -0.3 is 19.9 Å². The molecule has 2 aromatic heterocycles. The monoisotopic (exact) mass is 389 g/mol. The lowest BCUT2D eigenvalue weighted by Gasteiger charge is -2.36. The highest BCUT2D eigenvalue weighted by molar-refractivity contribution is 5.78. The van der Waals surface area contributed by atoms with E-state index >= 15 is 0 Å². The third kappa shape index (κ3) is 5.82. The van der Waals surface area contributed by atoms with Crippen LogP contribution in [0.3, 0.4) is 0 Å². The Hall–Kier alpha value is -2.36. The highest BCUT2D eigenvalue weighted by Crippen LogP contribution is 2.22. The molecule has 0 radical (unpaired) electrons. The molecule has 3 heterocycles. The summed E-state index contributed by atoms with van der Waals surface area (Å²) in [4.78, 5) is 16.3. The Balaban J connectivity index is 1.45. The highest BCUT2D eigenvalue weighted by atomic mass is 16.5. The number of carbonyl (C=O) groups is 1. The van der Waals surface area contributed by atoms with Crippen LogP contribution in [0.4, 0.5) is 0 Å². The normalized spacial score (nSPS) is 22.1. The summed E-state index contributed by atoms with van der Waals surface area (Å²) in [6, 6.07) is 3.48. The Morgan fingerprint density at radius 1 is 1.46 bits per heavy atom. The molecule has 0 aliphatic carbocycles. The second-order valence-corrected chi connectivity index (χ2v) is 6.96. The molecule has 3 atom stereocenters. The minimum Gasteiger partial charge on any atom is -0.394 e. The summed E-state index contributed by atoms with van der Waals surface area (Å²) >= 11 is 0. The molecule has 0 aromatic carbocycles. The first-order chi connectivity index (χ1) is 13.7. The summed E-state index contributed by atoms with van der Waals surface area (Å²) in [6.07, 6.45) is 7.43. The van der Waals surface area contributed by atoms with E-state index in [1.807, 2.05) is 12.3 Å². The van der Waals surface area contributed by atoms with Gasteiger partial charge in [-0.05, 0) is 30.9 Å². The van der Waals surface area contributed by atoms with Crippen LogP contribution in [0.15, 0.2) is 30.7 Å². The van der Waals surface area contributed by atoms with Gasteiger partial charge in [-0.15, -0.1) is 5.10 Å². The number of nitrogens with one attached hydrogen (secondary N) is 1. The Labute approximate surface area is 164 Å². The molecule has 152 valence electrons. The molecule has 28 heavy (non-hydrogen) atoms. The highest BCUT2D eigenvalue weighted by Gasteiger charge is 2.31. The predicted octanol–water partition coefficient (Wildman–Crippen LogP) is 0.477. The number of hydrogen-bond donors (Lipinski definition) is 2. The minimum absolute atomic E-state index is 0.0127. The zero-order chi connectivity index (χ0) is 19.8. The smallest absolute Gasteiger partial charge is 0.224 e. The van der Waals surface area contributed by atoms with E-state index in [4.69, 9.17) is 9.47 Å². The van der Waals surface area contributed by atoms with E-state index < -0.39 is 6.10 Å². The maximum atomic E-state index is 12.3. The molecule has 1 amide bonds. The van der Waals surface area contributed by atoms with Gasteiger partial charge in [-0.3, -0.25) is 14.5 Å². The zero-order valence-corrected chi connectivity index (χ0v) is 16.0. The summed E-state index contributed by atoms with van der Waals surface area (Å²) in [5.41, 5.74) is 1.65. The molecule has 0 saturated carbocycles. The Morgan fingerprint density at radius 2 is 2.36 bits per heavy atom. The standard InChI is InChI=1S/C19H27N5O4/c1-27-13-15-11-24(23-22-15)8-6-16-4-5-17(18(12-25)28-16)21-19(26)9-14-3-2-7-20-10-14/h2-3,7,10-11,16-18,25H,4-6,8-9,12-13H2,1H3,(H,21,26)/t16-,17-,18-/m1/s1. The van der Waals surface area contributed by atoms with Gasteiger partial charge in [-0.1, -0.05) is 11.3 Å². The molecule has 1 aliphatic rings. The van der Waals surface area contributed by atoms with Crippen LogP contribution >= 0.6 is 0 Å². The van der Waals surface area contributed by atoms with Crippen molar-refractivity contribution in [2.24, 2.45) is 0 Å². The average Bonchev–Trinajstić information content (AvgIpc) is 3.15. The number of amides is 1. The summed E-state index contributed by atoms with van der Waals surface area (Å²) in [7, 11) is 1.62. The lowest BCUT2D eigenvalue weighted by atomic mass is 9.97. The molecule has 0 spiro atoms. The summed E-state index contributed by atoms with van der Waals surface area (Å²) in [5.74, 6) is -0.0909. The number of nitrogens with zero attached hydrogens (tertiary/aromatic N) is 4. The Kier molecular flexibility index (Phi) is 7.46. The fourth-order valence-corrected chi connectivity index (χ4v) is 3.39. The third-order valence-electron chi connectivity index (χ3n) is 4.79. The first-order valence-electron chi connectivity index (χ1n) is 9.50. The van der Waals surface area contributed by atoms with Gasteiger partial charge in [0.25, 0.3) is 0 Å². The van der Waals surface area contributed by atoms with Crippen molar-refractivity contribution in [1.82, 2.24) is 25.3 Å². The maximum Gasteiger partial charge on any atom is 0.224 e. The number of carbonyl (C=O) groups excluding carboxylic acids is 1. The number of aryl methyl sites for hydroxylation is 1. The first kappa shape index (κ1) is 20.4. The molecule has 1 saturated heterocycles. The summed E-state index contributed by atoms with van der Waals surface area (Å²) in [6.45, 7) is 0.986. The van der Waals surface area contributed by atoms with Crippen molar-refractivity contribution in [3.05, 3.63) is 42.0 Å². The lowest BCUT2D eigenvalue weighted by Crippen LogP contribution is -2.51. The molecule has 2 N–H and O–H groups in total. The number of aromatic nitrogens is 4. The zero-order valence-electron chi connectivity index (χ0n) is 16.0. The van der Waals surface area contributed by atoms with Crippen LogP contribution in [0.2, 0.25) is 0 Å². The molecule has 1 aliphatic heterocycles. The number of pyridine rings is 1. The van der Waals surface area contributed by atoms with E-state index in [1.54, 1.807) is 30.3 Å². The first-order valence-corrected chi connectivity index (χ1v) is 9.50. The van der Waals surface area contributed by atoms with Gasteiger partial charge >= 0.3 is 0 Å². The molecular formula is C19H27N5O4. The maximum absolute atomic E-state index is 12.3. The van der Waals surface area contributed by atoms with E-state index in [9.17, 15) is 9.90 Å². The molecular weight excluding hydrogens is 362 g/mol. The van der Waals surface area contributed by atoms with Crippen LogP contribution in [0.5, 0.6) is 0 Å². The summed E-state index contributed by atoms with van der Waals surface area (Å²) in [5, 5.41) is 20.8. The SMILES string of the molecule is COCc1cn(CC[C@H]2CC[C@@H](NC(=O)Cc3cccnc3)[C@@H](CO)O2)nn1. The van der Waals surface area contributed by atoms with Gasteiger partial charge in [-0.2, -0.15) is 0 Å². The molecule has 0 bridgehead atoms. The van der Waals surface area contributed by atoms with Crippen molar-refractivity contribution in [2.45, 2.75) is 57.1 Å². The van der Waals surface area contributed by atoms with E-state index in [1.165, 1.54) is 0 Å². The number of hydrogen-bond acceptors (Lipinski definition) is 7. The van der Waals surface area contributed by atoms with Crippen molar-refractivity contribution in [1.29, 1.82) is 0 Å². The fraction of sp³-hybridized carbons (Fsp3) is 0.579. The van der Waals surface area contributed by atoms with E-state index in [2.05, 4.69) is 20.6 Å². The molecule has 3 rings (SSSR count). The van der Waals surface area contributed by atoms with Crippen LogP contribution in [0, 0.1) is 0 Å². The molecule has 1 fully saturated rings. The Morgan fingerprint density at radius 3 is 3.11 bits per heavy atom. The van der Waals surface area contributed by atoms with Crippen LogP contribution in [0.1, 0.15) is 30.5 Å². The van der Waals surface area contributed by atoms with Crippen LogP contribution in [-0.2, 0) is 33.8 Å². The van der Waals surface area contributed by atoms with Crippen LogP contribution in [-0.4, -0.2) is 63.0 Å². The van der Waals surface area contributed by atoms with Gasteiger partial charge in [0.1, 0.15) is 11.8 Å². The quantitative estimate of drug-likeness (QED) is 0.641. The second kappa shape index (κ2) is 10.3. The summed E-state index contributed by atoms with van der Waals surface area (Å²) < 4.78 is 12.8. The van der Waals surface area contributed by atoms with Crippen LogP contribution in [0.25, 0.3) is 0 Å². The average molecular weight is 389 g/mol. The van der Waals surface area contributed by atoms with Crippen molar-refractivity contribution in [2.75, 3.05) is 13.7 Å². The molecule has 2 aromatic rings. The second-order valence-electron chi connectivity index (χ2n) is 6.96. The molecule has 9 heteroatoms. The van der Waals surface area contributed by atoms with Gasteiger partial charge in [0.15, 0.2) is 0 Å². The Bertz CT molecular complexity index is 739. The van der Waals surface area contributed by atoms with Crippen molar-refractivity contribution >= 4 is 5.91 Å². The largest absolute Gasteiger partial charge is 0.394 e. The van der Waals surface area contributed by atoms with E-state index in [0.717, 1.165) is 30.5 Å². The number of methoxy groups -OCH3 is 1. The molecule has 9 nitrogen and oxygen atoms in total. The predicted molar refractivity (Wildman–Crippen MR) is 100 cm³/mol. The van der Waals surface area contributed by atoms with Gasteiger partial charge in [-0.25, -0.2) is 0 Å². The van der Waals surface area contributed by atoms with Crippen molar-refractivity contribution < 1.29 is 19.4 Å². The third-order valence-corrected chi connectivity index (χ3v) is 4.79. The lowest BCUT2D eigenvalue weighted by molar-refractivity contribution is -0.128. The van der Waals surface area contributed by atoms with Gasteiger partial charge in [0.05, 0.1) is 38.0 Å². The number of aliphatic hydroxyl groups is 1.